The highest BCUT2D eigenvalue weighted by molar-refractivity contribution is 5.64. The molecule has 0 bridgehead atoms. The molecule has 9 rings (SSSR count). The Balaban J connectivity index is 0.961. The minimum atomic E-state index is -1.32. The van der Waals surface area contributed by atoms with Crippen LogP contribution in [0.25, 0.3) is 16.9 Å². The first kappa shape index (κ1) is 58.6. The van der Waals surface area contributed by atoms with Crippen LogP contribution in [0.2, 0.25) is 0 Å². The van der Waals surface area contributed by atoms with Crippen molar-refractivity contribution in [3.8, 4) is 0 Å². The van der Waals surface area contributed by atoms with Crippen LogP contribution in [-0.4, -0.2) is 156 Å². The number of nitrogens with one attached hydrogen (secondary N) is 6. The second-order valence-corrected chi connectivity index (χ2v) is 20.4. The molecule has 8 atom stereocenters. The van der Waals surface area contributed by atoms with Crippen LogP contribution in [0.3, 0.4) is 0 Å². The van der Waals surface area contributed by atoms with Crippen LogP contribution < -0.4 is 31.9 Å². The number of ether oxygens (including phenoxy) is 2. The topological polar surface area (TPSA) is 323 Å². The van der Waals surface area contributed by atoms with E-state index < -0.39 is 75.1 Å². The predicted octanol–water partition coefficient (Wildman–Crippen LogP) is 4.72. The fourth-order valence-corrected chi connectivity index (χ4v) is 9.27. The van der Waals surface area contributed by atoms with E-state index in [2.05, 4.69) is 55.9 Å². The van der Waals surface area contributed by atoms with Gasteiger partial charge in [0.2, 0.25) is 0 Å². The maximum atomic E-state index is 11.4. The molecule has 8 unspecified atom stereocenters. The number of hydrogen-bond acceptors (Lipinski definition) is 21. The highest BCUT2D eigenvalue weighted by Crippen LogP contribution is 2.31. The molecule has 24 nitrogen and oxygen atoms in total. The van der Waals surface area contributed by atoms with Crippen molar-refractivity contribution in [2.45, 2.75) is 102 Å². The van der Waals surface area contributed by atoms with E-state index >= 15 is 0 Å². The van der Waals surface area contributed by atoms with E-state index in [4.69, 9.17) is 29.5 Å². The Kier molecular flexibility index (Phi) is 19.7. The first-order valence-electron chi connectivity index (χ1n) is 27.3. The van der Waals surface area contributed by atoms with E-state index in [9.17, 15) is 35.7 Å². The molecule has 6 heterocycles. The molecule has 0 amide bonds. The summed E-state index contributed by atoms with van der Waals surface area (Å²) in [4.78, 5) is 14.7. The molecule has 434 valence electrons. The Morgan fingerprint density at radius 1 is 0.427 bits per heavy atom. The van der Waals surface area contributed by atoms with Gasteiger partial charge in [-0.15, -0.1) is 0 Å². The molecule has 6 aromatic heterocycles. The lowest BCUT2D eigenvalue weighted by Crippen LogP contribution is -2.40. The number of hydrogen-bond donors (Lipinski definition) is 13. The Bertz CT molecular complexity index is 3440. The fourth-order valence-electron chi connectivity index (χ4n) is 9.27. The smallest absolute Gasteiger partial charge is 0.165 e. The minimum absolute atomic E-state index is 0.0743. The van der Waals surface area contributed by atoms with Crippen LogP contribution in [0.15, 0.2) is 128 Å². The van der Waals surface area contributed by atoms with E-state index in [1.807, 2.05) is 104 Å². The molecule has 24 heteroatoms. The van der Waals surface area contributed by atoms with Gasteiger partial charge >= 0.3 is 0 Å². The number of benzene rings is 3. The van der Waals surface area contributed by atoms with Gasteiger partial charge in [-0.05, 0) is 36.5 Å². The zero-order valence-electron chi connectivity index (χ0n) is 46.2. The zero-order chi connectivity index (χ0) is 57.7. The lowest BCUT2D eigenvalue weighted by Gasteiger charge is -2.26. The highest BCUT2D eigenvalue weighted by atomic mass is 16.5. The van der Waals surface area contributed by atoms with Gasteiger partial charge in [0.15, 0.2) is 16.9 Å². The molecule has 0 spiro atoms. The number of aliphatic hydroxyl groups is 7. The van der Waals surface area contributed by atoms with Gasteiger partial charge in [0.05, 0.1) is 107 Å². The average Bonchev–Trinajstić information content (AvgIpc) is 4.46. The van der Waals surface area contributed by atoms with Gasteiger partial charge in [0, 0.05) is 54.5 Å². The predicted molar refractivity (Wildman–Crippen MR) is 312 cm³/mol. The molecule has 13 N–H and O–H groups in total. The summed E-state index contributed by atoms with van der Waals surface area (Å²) < 4.78 is 18.0. The molecular formula is C58H73N15O9. The summed E-state index contributed by atoms with van der Waals surface area (Å²) in [7, 11) is 0. The average molecular weight is 1120 g/mol. The van der Waals surface area contributed by atoms with Gasteiger partial charge in [0.25, 0.3) is 0 Å². The van der Waals surface area contributed by atoms with Gasteiger partial charge in [-0.2, -0.15) is 28.8 Å². The molecule has 0 aliphatic carbocycles. The SMILES string of the molecule is CC(C)c1cnn2c(NCc3ccccc3)cc(NC(COC(C)c3cnn4c(NCc5ccccc5)cc(NC(COC(C)c5cnn6c(NCc7ccccc7)cc(NC(CO)C(O)CO)nc56)C(O)CO)nc34)C(O)CO)nc12. The number of fused-ring (bicyclic) bond motifs is 3. The maximum Gasteiger partial charge on any atom is 0.165 e. The van der Waals surface area contributed by atoms with Crippen molar-refractivity contribution in [3.05, 3.63) is 161 Å². The van der Waals surface area contributed by atoms with Crippen molar-refractivity contribution in [2.24, 2.45) is 0 Å². The van der Waals surface area contributed by atoms with E-state index in [1.165, 1.54) is 0 Å². The van der Waals surface area contributed by atoms with Gasteiger partial charge < -0.3 is 77.1 Å². The van der Waals surface area contributed by atoms with Crippen molar-refractivity contribution in [1.29, 1.82) is 0 Å². The van der Waals surface area contributed by atoms with Crippen molar-refractivity contribution in [1.82, 2.24) is 43.8 Å². The molecule has 0 fully saturated rings. The van der Waals surface area contributed by atoms with E-state index in [0.29, 0.717) is 76.8 Å². The second-order valence-electron chi connectivity index (χ2n) is 20.4. The van der Waals surface area contributed by atoms with E-state index in [1.54, 1.807) is 51.2 Å². The van der Waals surface area contributed by atoms with Crippen LogP contribution in [0.4, 0.5) is 34.9 Å². The van der Waals surface area contributed by atoms with Crippen LogP contribution in [0, 0.1) is 0 Å². The zero-order valence-corrected chi connectivity index (χ0v) is 46.2. The van der Waals surface area contributed by atoms with Gasteiger partial charge in [-0.3, -0.25) is 0 Å². The number of aromatic nitrogens is 9. The lowest BCUT2D eigenvalue weighted by atomic mass is 10.1. The van der Waals surface area contributed by atoms with Crippen molar-refractivity contribution < 1.29 is 45.2 Å². The molecule has 82 heavy (non-hydrogen) atoms. The van der Waals surface area contributed by atoms with Crippen molar-refractivity contribution >= 4 is 51.8 Å². The fraction of sp³-hybridized carbons (Fsp3) is 0.379. The second kappa shape index (κ2) is 27.6. The van der Waals surface area contributed by atoms with Crippen LogP contribution in [-0.2, 0) is 29.1 Å². The van der Waals surface area contributed by atoms with Crippen LogP contribution in [0.1, 0.15) is 79.2 Å². The largest absolute Gasteiger partial charge is 0.394 e. The summed E-state index contributed by atoms with van der Waals surface area (Å²) in [6, 6.07) is 32.1. The Morgan fingerprint density at radius 3 is 1.07 bits per heavy atom. The molecule has 0 saturated carbocycles. The number of nitrogens with zero attached hydrogens (tertiary/aromatic N) is 9. The van der Waals surface area contributed by atoms with Gasteiger partial charge in [0.1, 0.15) is 34.9 Å². The maximum absolute atomic E-state index is 11.4. The summed E-state index contributed by atoms with van der Waals surface area (Å²) in [6.07, 6.45) is -0.119. The molecule has 0 saturated heterocycles. The third kappa shape index (κ3) is 14.2. The number of aliphatic hydroxyl groups excluding tert-OH is 7. The molecular weight excluding hydrogens is 1050 g/mol. The van der Waals surface area contributed by atoms with Gasteiger partial charge in [-0.25, -0.2) is 15.0 Å². The van der Waals surface area contributed by atoms with E-state index in [0.717, 1.165) is 22.3 Å². The molecule has 9 aromatic rings. The molecule has 0 aliphatic heterocycles. The Hall–Kier alpha value is -8.04. The Morgan fingerprint density at radius 2 is 0.744 bits per heavy atom. The first-order chi connectivity index (χ1) is 39.8. The molecule has 0 aliphatic rings. The minimum Gasteiger partial charge on any atom is -0.394 e. The van der Waals surface area contributed by atoms with Gasteiger partial charge in [-0.1, -0.05) is 105 Å². The molecule has 0 radical (unpaired) electrons. The standard InChI is InChI=1S/C58H73N15O9/c1-35(2)41-26-62-71-53(59-23-38-14-8-5-9-15-38)21-51(68-56(41)71)66-45(48(79)31-76)33-81-37(4)43-28-64-73-55(61-25-40-18-12-7-13-19-40)22-52(70-58(43)73)67-46(49(80)32-77)34-82-36(3)42-27-63-72-54(60-24-39-16-10-6-11-17-39)20-50(69-57(42)72)65-44(29-74)47(78)30-75/h5-22,26-28,35-37,44-49,59-61,74-80H,23-25,29-34H2,1-4H3,(H,65,69)(H,66,68)(H,67,70). The number of rotatable bonds is 31. The quantitative estimate of drug-likeness (QED) is 0.0279. The monoisotopic (exact) mass is 1120 g/mol. The molecule has 3 aromatic carbocycles. The third-order valence-electron chi connectivity index (χ3n) is 14.1. The number of anilines is 6. The highest BCUT2D eigenvalue weighted by Gasteiger charge is 2.28. The first-order valence-corrected chi connectivity index (χ1v) is 27.3. The summed E-state index contributed by atoms with van der Waals surface area (Å²) in [6.45, 7) is 6.73. The third-order valence-corrected chi connectivity index (χ3v) is 14.1. The van der Waals surface area contributed by atoms with Crippen molar-refractivity contribution in [2.75, 3.05) is 71.5 Å². The van der Waals surface area contributed by atoms with E-state index in [-0.39, 0.29) is 24.9 Å². The normalized spacial score (nSPS) is 14.8. The van der Waals surface area contributed by atoms with Crippen LogP contribution >= 0.6 is 0 Å². The summed E-state index contributed by atoms with van der Waals surface area (Å²) >= 11 is 0. The van der Waals surface area contributed by atoms with Crippen LogP contribution in [0.5, 0.6) is 0 Å². The summed E-state index contributed by atoms with van der Waals surface area (Å²) in [5.74, 6) is 2.92. The summed E-state index contributed by atoms with van der Waals surface area (Å²) in [5, 5.41) is 108. The lowest BCUT2D eigenvalue weighted by molar-refractivity contribution is 0.0106. The van der Waals surface area contributed by atoms with Crippen molar-refractivity contribution in [3.63, 3.8) is 0 Å². The Labute approximate surface area is 473 Å². The summed E-state index contributed by atoms with van der Waals surface area (Å²) in [5.41, 5.74) is 6.61.